The molecule has 1 atom stereocenters. The normalized spacial score (nSPS) is 16.0. The first-order valence-electron chi connectivity index (χ1n) is 6.86. The van der Waals surface area contributed by atoms with Crippen LogP contribution in [0.2, 0.25) is 0 Å². The quantitative estimate of drug-likeness (QED) is 0.885. The number of ketones is 1. The average Bonchev–Trinajstić information content (AvgIpc) is 3.04. The largest absolute Gasteiger partial charge is 0.491 e. The Labute approximate surface area is 126 Å². The number of aromatic nitrogens is 1. The van der Waals surface area contributed by atoms with E-state index in [0.29, 0.717) is 22.6 Å². The Hall–Kier alpha value is -2.63. The summed E-state index contributed by atoms with van der Waals surface area (Å²) in [4.78, 5) is 23.7. The number of nitrogens with one attached hydrogen (secondary N) is 1. The van der Waals surface area contributed by atoms with Gasteiger partial charge in [-0.25, -0.2) is 4.39 Å². The molecule has 0 saturated heterocycles. The van der Waals surface area contributed by atoms with Gasteiger partial charge in [-0.2, -0.15) is 0 Å². The number of carbonyl (C=O) groups excluding carboxylic acids is 2. The number of nitrogens with zero attached hydrogens (tertiary/aromatic N) is 1. The SMILES string of the molecule is CC(=O)c1cc(C(=O)NC2COc3cccc(F)c32)n(C)c1. The first kappa shape index (κ1) is 14.3. The van der Waals surface area contributed by atoms with Crippen molar-refractivity contribution in [3.8, 4) is 5.75 Å². The van der Waals surface area contributed by atoms with Crippen LogP contribution in [-0.2, 0) is 7.05 Å². The molecule has 0 aliphatic carbocycles. The second-order valence-corrected chi connectivity index (χ2v) is 5.27. The van der Waals surface area contributed by atoms with E-state index < -0.39 is 11.9 Å². The van der Waals surface area contributed by atoms with Crippen molar-refractivity contribution in [1.82, 2.24) is 9.88 Å². The number of aryl methyl sites for hydroxylation is 1. The number of halogens is 1. The lowest BCUT2D eigenvalue weighted by Gasteiger charge is -2.12. The monoisotopic (exact) mass is 302 g/mol. The van der Waals surface area contributed by atoms with Crippen molar-refractivity contribution in [1.29, 1.82) is 0 Å². The van der Waals surface area contributed by atoms with Gasteiger partial charge < -0.3 is 14.6 Å². The maximum atomic E-state index is 13.9. The lowest BCUT2D eigenvalue weighted by molar-refractivity contribution is 0.0921. The van der Waals surface area contributed by atoms with E-state index in [9.17, 15) is 14.0 Å². The topological polar surface area (TPSA) is 60.3 Å². The summed E-state index contributed by atoms with van der Waals surface area (Å²) < 4.78 is 20.9. The molecule has 1 unspecified atom stereocenters. The molecule has 0 fully saturated rings. The number of Topliss-reactive ketones (excluding diaryl/α,β-unsaturated/α-hetero) is 1. The van der Waals surface area contributed by atoms with Crippen LogP contribution in [0.3, 0.4) is 0 Å². The van der Waals surface area contributed by atoms with Crippen molar-refractivity contribution in [3.05, 3.63) is 53.1 Å². The number of hydrogen-bond donors (Lipinski definition) is 1. The average molecular weight is 302 g/mol. The summed E-state index contributed by atoms with van der Waals surface area (Å²) in [5.41, 5.74) is 1.16. The highest BCUT2D eigenvalue weighted by Gasteiger charge is 2.29. The molecule has 0 saturated carbocycles. The van der Waals surface area contributed by atoms with Crippen LogP contribution in [0.15, 0.2) is 30.5 Å². The smallest absolute Gasteiger partial charge is 0.268 e. The van der Waals surface area contributed by atoms with Crippen molar-refractivity contribution < 1.29 is 18.7 Å². The summed E-state index contributed by atoms with van der Waals surface area (Å²) in [5.74, 6) is -0.451. The number of rotatable bonds is 3. The molecule has 0 bridgehead atoms. The van der Waals surface area contributed by atoms with E-state index in [1.165, 1.54) is 19.1 Å². The number of fused-ring (bicyclic) bond motifs is 1. The fourth-order valence-corrected chi connectivity index (χ4v) is 2.57. The third kappa shape index (κ3) is 2.36. The van der Waals surface area contributed by atoms with Crippen LogP contribution in [0.1, 0.15) is 39.4 Å². The van der Waals surface area contributed by atoms with Crippen LogP contribution in [0.4, 0.5) is 4.39 Å². The molecule has 1 aliphatic heterocycles. The van der Waals surface area contributed by atoms with Crippen molar-refractivity contribution in [2.24, 2.45) is 7.05 Å². The zero-order valence-electron chi connectivity index (χ0n) is 12.2. The third-order valence-electron chi connectivity index (χ3n) is 3.72. The van der Waals surface area contributed by atoms with Gasteiger partial charge in [0, 0.05) is 18.8 Å². The number of ether oxygens (including phenoxy) is 1. The molecule has 0 spiro atoms. The summed E-state index contributed by atoms with van der Waals surface area (Å²) in [6.45, 7) is 1.62. The summed E-state index contributed by atoms with van der Waals surface area (Å²) in [5, 5.41) is 2.75. The molecule has 5 nitrogen and oxygen atoms in total. The van der Waals surface area contributed by atoms with E-state index >= 15 is 0 Å². The van der Waals surface area contributed by atoms with Crippen molar-refractivity contribution in [2.75, 3.05) is 6.61 Å². The summed E-state index contributed by atoms with van der Waals surface area (Å²) >= 11 is 0. The molecule has 3 rings (SSSR count). The minimum Gasteiger partial charge on any atom is -0.491 e. The van der Waals surface area contributed by atoms with Crippen LogP contribution in [-0.4, -0.2) is 22.9 Å². The van der Waals surface area contributed by atoms with Crippen molar-refractivity contribution in [3.63, 3.8) is 0 Å². The molecular weight excluding hydrogens is 287 g/mol. The Balaban J connectivity index is 1.84. The Kier molecular flexibility index (Phi) is 3.44. The molecule has 1 aromatic heterocycles. The molecule has 22 heavy (non-hydrogen) atoms. The summed E-state index contributed by atoms with van der Waals surface area (Å²) in [6, 6.07) is 5.55. The van der Waals surface area contributed by atoms with E-state index in [2.05, 4.69) is 5.32 Å². The van der Waals surface area contributed by atoms with Crippen LogP contribution < -0.4 is 10.1 Å². The maximum absolute atomic E-state index is 13.9. The molecule has 1 aromatic carbocycles. The maximum Gasteiger partial charge on any atom is 0.268 e. The minimum atomic E-state index is -0.542. The van der Waals surface area contributed by atoms with Crippen molar-refractivity contribution >= 4 is 11.7 Å². The van der Waals surface area contributed by atoms with E-state index in [4.69, 9.17) is 4.74 Å². The van der Waals surface area contributed by atoms with Gasteiger partial charge in [0.15, 0.2) is 5.78 Å². The molecule has 0 radical (unpaired) electrons. The molecule has 2 heterocycles. The van der Waals surface area contributed by atoms with Gasteiger partial charge in [0.05, 0.1) is 11.6 Å². The number of hydrogen-bond acceptors (Lipinski definition) is 3. The second-order valence-electron chi connectivity index (χ2n) is 5.27. The Morgan fingerprint density at radius 2 is 2.18 bits per heavy atom. The van der Waals surface area contributed by atoms with E-state index in [0.717, 1.165) is 0 Å². The predicted octanol–water partition coefficient (Wildman–Crippen LogP) is 2.23. The standard InChI is InChI=1S/C16H15FN2O3/c1-9(20)10-6-13(19(2)7-10)16(21)18-12-8-22-14-5-3-4-11(17)15(12)14/h3-7,12H,8H2,1-2H3,(H,18,21). The van der Waals surface area contributed by atoms with Gasteiger partial charge in [0.2, 0.25) is 0 Å². The van der Waals surface area contributed by atoms with Gasteiger partial charge in [-0.15, -0.1) is 0 Å². The highest BCUT2D eigenvalue weighted by atomic mass is 19.1. The fourth-order valence-electron chi connectivity index (χ4n) is 2.57. The minimum absolute atomic E-state index is 0.116. The van der Waals surface area contributed by atoms with Gasteiger partial charge in [0.1, 0.15) is 23.9 Å². The molecule has 1 amide bonds. The van der Waals surface area contributed by atoms with E-state index in [1.54, 1.807) is 29.9 Å². The first-order valence-corrected chi connectivity index (χ1v) is 6.86. The molecule has 6 heteroatoms. The first-order chi connectivity index (χ1) is 10.5. The third-order valence-corrected chi connectivity index (χ3v) is 3.72. The number of benzene rings is 1. The van der Waals surface area contributed by atoms with E-state index in [1.807, 2.05) is 0 Å². The number of amides is 1. The molecular formula is C16H15FN2O3. The van der Waals surface area contributed by atoms with Crippen LogP contribution in [0.5, 0.6) is 5.75 Å². The number of carbonyl (C=O) groups is 2. The molecule has 1 N–H and O–H groups in total. The highest BCUT2D eigenvalue weighted by molar-refractivity contribution is 5.99. The van der Waals surface area contributed by atoms with Gasteiger partial charge >= 0.3 is 0 Å². The zero-order valence-corrected chi connectivity index (χ0v) is 12.2. The lowest BCUT2D eigenvalue weighted by atomic mass is 10.1. The summed E-state index contributed by atoms with van der Waals surface area (Å²) in [7, 11) is 1.68. The van der Waals surface area contributed by atoms with Crippen molar-refractivity contribution in [2.45, 2.75) is 13.0 Å². The summed E-state index contributed by atoms with van der Waals surface area (Å²) in [6.07, 6.45) is 1.59. The highest BCUT2D eigenvalue weighted by Crippen LogP contribution is 2.34. The fraction of sp³-hybridized carbons (Fsp3) is 0.250. The predicted molar refractivity (Wildman–Crippen MR) is 77.5 cm³/mol. The molecule has 114 valence electrons. The van der Waals surface area contributed by atoms with Gasteiger partial charge in [-0.05, 0) is 25.1 Å². The second kappa shape index (κ2) is 5.29. The molecule has 2 aromatic rings. The zero-order chi connectivity index (χ0) is 15.9. The van der Waals surface area contributed by atoms with Crippen LogP contribution >= 0.6 is 0 Å². The van der Waals surface area contributed by atoms with Gasteiger partial charge in [-0.1, -0.05) is 6.07 Å². The van der Waals surface area contributed by atoms with Crippen LogP contribution in [0.25, 0.3) is 0 Å². The Morgan fingerprint density at radius 3 is 2.86 bits per heavy atom. The lowest BCUT2D eigenvalue weighted by Crippen LogP contribution is -2.31. The van der Waals surface area contributed by atoms with Crippen LogP contribution in [0, 0.1) is 5.82 Å². The van der Waals surface area contributed by atoms with Gasteiger partial charge in [-0.3, -0.25) is 9.59 Å². The van der Waals surface area contributed by atoms with Gasteiger partial charge in [0.25, 0.3) is 5.91 Å². The Bertz CT molecular complexity index is 767. The molecule has 1 aliphatic rings. The van der Waals surface area contributed by atoms with E-state index in [-0.39, 0.29) is 18.3 Å². The Morgan fingerprint density at radius 1 is 1.41 bits per heavy atom.